The normalized spacial score (nSPS) is 20.5. The van der Waals surface area contributed by atoms with E-state index >= 15 is 0 Å². The number of hydrogen-bond acceptors (Lipinski definition) is 6. The van der Waals surface area contributed by atoms with Crippen LogP contribution in [0.3, 0.4) is 0 Å². The number of hydrogen-bond donors (Lipinski definition) is 1. The first-order chi connectivity index (χ1) is 18.9. The summed E-state index contributed by atoms with van der Waals surface area (Å²) >= 11 is 0. The van der Waals surface area contributed by atoms with E-state index in [9.17, 15) is 18.7 Å². The van der Waals surface area contributed by atoms with Crippen LogP contribution in [-0.4, -0.2) is 50.2 Å². The molecule has 1 spiro atoms. The van der Waals surface area contributed by atoms with Crippen molar-refractivity contribution >= 4 is 16.9 Å². The van der Waals surface area contributed by atoms with E-state index in [2.05, 4.69) is 14.9 Å². The summed E-state index contributed by atoms with van der Waals surface area (Å²) in [4.78, 5) is 24.7. The number of ether oxygens (including phenoxy) is 1. The average Bonchev–Trinajstić information content (AvgIpc) is 3.48. The van der Waals surface area contributed by atoms with E-state index in [0.29, 0.717) is 35.3 Å². The second-order valence-electron chi connectivity index (χ2n) is 11.0. The highest BCUT2D eigenvalue weighted by molar-refractivity contribution is 5.84. The Morgan fingerprint density at radius 2 is 1.74 bits per heavy atom. The molecule has 1 saturated heterocycles. The highest BCUT2D eigenvalue weighted by Crippen LogP contribution is 2.49. The first kappa shape index (κ1) is 24.3. The van der Waals surface area contributed by atoms with Crippen LogP contribution in [0.4, 0.5) is 14.7 Å². The van der Waals surface area contributed by atoms with Crippen molar-refractivity contribution in [2.75, 3.05) is 18.0 Å². The number of fused-ring (bicyclic) bond motifs is 3. The van der Waals surface area contributed by atoms with E-state index in [4.69, 9.17) is 4.74 Å². The molecule has 2 aromatic heterocycles. The van der Waals surface area contributed by atoms with Crippen molar-refractivity contribution < 1.29 is 18.6 Å². The number of alkyl halides is 2. The number of rotatable bonds is 5. The van der Waals surface area contributed by atoms with Gasteiger partial charge < -0.3 is 14.7 Å². The Morgan fingerprint density at radius 3 is 2.46 bits per heavy atom. The zero-order chi connectivity index (χ0) is 26.7. The van der Waals surface area contributed by atoms with E-state index in [1.165, 1.54) is 6.07 Å². The number of benzene rings is 2. The number of aliphatic hydroxyl groups excluding tert-OH is 1. The zero-order valence-corrected chi connectivity index (χ0v) is 21.3. The lowest BCUT2D eigenvalue weighted by molar-refractivity contribution is -0.0507. The number of nitrogens with zero attached hydrogens (tertiary/aromatic N) is 5. The van der Waals surface area contributed by atoms with Gasteiger partial charge in [0.25, 0.3) is 5.56 Å². The molecule has 39 heavy (non-hydrogen) atoms. The topological polar surface area (TPSA) is 85.4 Å². The van der Waals surface area contributed by atoms with Gasteiger partial charge in [-0.25, -0.2) is 14.6 Å². The van der Waals surface area contributed by atoms with Crippen LogP contribution >= 0.6 is 0 Å². The third-order valence-electron chi connectivity index (χ3n) is 8.79. The quantitative estimate of drug-likeness (QED) is 0.404. The lowest BCUT2D eigenvalue weighted by Crippen LogP contribution is -2.49. The maximum atomic E-state index is 13.2. The molecule has 0 amide bonds. The molecule has 10 heteroatoms. The molecule has 1 aliphatic carbocycles. The summed E-state index contributed by atoms with van der Waals surface area (Å²) < 4.78 is 34.6. The fraction of sp³-hybridized carbons (Fsp3) is 0.414. The minimum atomic E-state index is -2.93. The van der Waals surface area contributed by atoms with Gasteiger partial charge in [0.2, 0.25) is 5.95 Å². The van der Waals surface area contributed by atoms with E-state index in [0.717, 1.165) is 55.4 Å². The number of aliphatic hydroxyl groups is 1. The molecule has 0 unspecified atom stereocenters. The van der Waals surface area contributed by atoms with E-state index < -0.39 is 6.61 Å². The highest BCUT2D eigenvalue weighted by Gasteiger charge is 2.45. The maximum absolute atomic E-state index is 13.2. The molecule has 1 N–H and O–H groups in total. The van der Waals surface area contributed by atoms with Crippen LogP contribution < -0.4 is 15.2 Å². The second-order valence-corrected chi connectivity index (χ2v) is 11.0. The van der Waals surface area contributed by atoms with Crippen LogP contribution in [0.2, 0.25) is 0 Å². The predicted octanol–water partition coefficient (Wildman–Crippen LogP) is 4.60. The largest absolute Gasteiger partial charge is 0.434 e. The molecule has 0 bridgehead atoms. The minimum absolute atomic E-state index is 0.0974. The molecule has 2 fully saturated rings. The molecule has 8 nitrogen and oxygen atoms in total. The highest BCUT2D eigenvalue weighted by atomic mass is 19.3. The number of aromatic nitrogens is 4. The van der Waals surface area contributed by atoms with Gasteiger partial charge >= 0.3 is 6.61 Å². The molecule has 2 aliphatic heterocycles. The van der Waals surface area contributed by atoms with Crippen LogP contribution in [0.15, 0.2) is 59.7 Å². The molecule has 7 rings (SSSR count). The molecule has 1 saturated carbocycles. The molecule has 1 atom stereocenters. The molecule has 4 heterocycles. The van der Waals surface area contributed by atoms with Crippen molar-refractivity contribution in [3.8, 4) is 16.9 Å². The van der Waals surface area contributed by atoms with Crippen molar-refractivity contribution in [3.63, 3.8) is 0 Å². The Bertz CT molecular complexity index is 1580. The Morgan fingerprint density at radius 1 is 1.00 bits per heavy atom. The summed E-state index contributed by atoms with van der Waals surface area (Å²) in [5.41, 5.74) is 3.27. The summed E-state index contributed by atoms with van der Waals surface area (Å²) in [6, 6.07) is 12.1. The van der Waals surface area contributed by atoms with Gasteiger partial charge in [-0.3, -0.25) is 9.48 Å². The zero-order valence-electron chi connectivity index (χ0n) is 21.3. The van der Waals surface area contributed by atoms with Gasteiger partial charge in [0.15, 0.2) is 0 Å². The summed E-state index contributed by atoms with van der Waals surface area (Å²) in [5, 5.41) is 10.3. The number of halogens is 2. The Labute approximate surface area is 223 Å². The van der Waals surface area contributed by atoms with Gasteiger partial charge in [0.05, 0.1) is 23.0 Å². The van der Waals surface area contributed by atoms with Crippen molar-refractivity contribution in [2.45, 2.75) is 57.4 Å². The number of anilines is 1. The van der Waals surface area contributed by atoms with Gasteiger partial charge in [-0.05, 0) is 61.3 Å². The Hall–Kier alpha value is -3.79. The molecular weight excluding hydrogens is 504 g/mol. The Kier molecular flexibility index (Phi) is 5.69. The van der Waals surface area contributed by atoms with Crippen LogP contribution in [0.5, 0.6) is 5.75 Å². The monoisotopic (exact) mass is 533 g/mol. The number of para-hydroxylation sites is 1. The third kappa shape index (κ3) is 4.09. The molecule has 4 aromatic rings. The minimum Gasteiger partial charge on any atom is -0.434 e. The standard InChI is InChI=1S/C29H29F2N5O3/c30-27(31)39-25-4-2-1-3-21(25)23-7-10-35-26(38)22-6-5-18(13-24(22)36(23)35)19-16-32-28(33-17-19)34-11-8-29(9-12-34)14-20(37)15-29/h1-6,13,16-17,20,23,27,37H,7-12,14-15H2/t23-/m1/s1. The smallest absolute Gasteiger partial charge is 0.387 e. The summed E-state index contributed by atoms with van der Waals surface area (Å²) in [6.07, 6.45) is 7.99. The lowest BCUT2D eigenvalue weighted by Gasteiger charge is -2.50. The van der Waals surface area contributed by atoms with Gasteiger partial charge in [0.1, 0.15) is 5.75 Å². The van der Waals surface area contributed by atoms with Crippen LogP contribution in [-0.2, 0) is 6.54 Å². The van der Waals surface area contributed by atoms with Gasteiger partial charge in [0, 0.05) is 43.2 Å². The fourth-order valence-electron chi connectivity index (χ4n) is 6.77. The van der Waals surface area contributed by atoms with Crippen molar-refractivity contribution in [2.24, 2.45) is 5.41 Å². The van der Waals surface area contributed by atoms with Crippen molar-refractivity contribution in [1.82, 2.24) is 19.3 Å². The van der Waals surface area contributed by atoms with Crippen molar-refractivity contribution in [1.29, 1.82) is 0 Å². The fourth-order valence-corrected chi connectivity index (χ4v) is 6.77. The second kappa shape index (κ2) is 9.15. The van der Waals surface area contributed by atoms with E-state index in [1.807, 2.05) is 35.3 Å². The van der Waals surface area contributed by atoms with Crippen LogP contribution in [0.1, 0.15) is 43.7 Å². The Balaban J connectivity index is 1.18. The summed E-state index contributed by atoms with van der Waals surface area (Å²) in [7, 11) is 0. The van der Waals surface area contributed by atoms with Gasteiger partial charge in [-0.2, -0.15) is 8.78 Å². The van der Waals surface area contributed by atoms with E-state index in [-0.39, 0.29) is 23.5 Å². The van der Waals surface area contributed by atoms with Crippen LogP contribution in [0.25, 0.3) is 22.0 Å². The molecule has 0 radical (unpaired) electrons. The van der Waals surface area contributed by atoms with Crippen LogP contribution in [0, 0.1) is 5.41 Å². The summed E-state index contributed by atoms with van der Waals surface area (Å²) in [6.45, 7) is -0.668. The molecule has 2 aromatic carbocycles. The number of piperidine rings is 1. The lowest BCUT2D eigenvalue weighted by atomic mass is 9.61. The first-order valence-corrected chi connectivity index (χ1v) is 13.5. The molecular formula is C29H29F2N5O3. The van der Waals surface area contributed by atoms with E-state index in [1.54, 1.807) is 22.9 Å². The van der Waals surface area contributed by atoms with Gasteiger partial charge in [-0.1, -0.05) is 24.3 Å². The molecule has 3 aliphatic rings. The predicted molar refractivity (Wildman–Crippen MR) is 142 cm³/mol. The molecule has 202 valence electrons. The summed E-state index contributed by atoms with van der Waals surface area (Å²) in [5.74, 6) is 0.823. The maximum Gasteiger partial charge on any atom is 0.387 e. The SMILES string of the molecule is O=c1c2ccc(-c3cnc(N4CCC5(CC4)CC(O)C5)nc3)cc2n2n1CC[C@@H]2c1ccccc1OC(F)F. The first-order valence-electron chi connectivity index (χ1n) is 13.5. The average molecular weight is 534 g/mol. The van der Waals surface area contributed by atoms with Gasteiger partial charge in [-0.15, -0.1) is 0 Å². The third-order valence-corrected chi connectivity index (χ3v) is 8.79. The van der Waals surface area contributed by atoms with Crippen molar-refractivity contribution in [3.05, 3.63) is 70.8 Å².